The van der Waals surface area contributed by atoms with Crippen molar-refractivity contribution in [2.24, 2.45) is 5.92 Å². The van der Waals surface area contributed by atoms with Gasteiger partial charge in [-0.2, -0.15) is 0 Å². The quantitative estimate of drug-likeness (QED) is 0.408. The molecule has 2 aromatic rings. The molecule has 0 aromatic heterocycles. The van der Waals surface area contributed by atoms with Crippen LogP contribution in [-0.2, 0) is 4.79 Å². The highest BCUT2D eigenvalue weighted by atomic mass is 32.1. The van der Waals surface area contributed by atoms with E-state index in [1.807, 2.05) is 0 Å². The van der Waals surface area contributed by atoms with Crippen molar-refractivity contribution < 1.29 is 19.2 Å². The molecular formula is C18H14FN4O4S-. The molecule has 1 aliphatic rings. The lowest BCUT2D eigenvalue weighted by Crippen LogP contribution is -2.51. The van der Waals surface area contributed by atoms with Crippen molar-refractivity contribution in [3.63, 3.8) is 0 Å². The lowest BCUT2D eigenvalue weighted by atomic mass is 9.87. The molecule has 1 aliphatic heterocycles. The number of para-hydroxylation sites is 1. The van der Waals surface area contributed by atoms with Gasteiger partial charge in [0.2, 0.25) is 5.91 Å². The molecule has 8 nitrogen and oxygen atoms in total. The number of benzene rings is 2. The molecule has 1 amide bonds. The third-order valence-electron chi connectivity index (χ3n) is 4.22. The highest BCUT2D eigenvalue weighted by Gasteiger charge is 2.37. The van der Waals surface area contributed by atoms with E-state index in [1.165, 1.54) is 36.4 Å². The molecule has 0 aliphatic carbocycles. The van der Waals surface area contributed by atoms with E-state index >= 15 is 0 Å². The molecule has 0 spiro atoms. The number of halogens is 1. The van der Waals surface area contributed by atoms with Gasteiger partial charge in [0.25, 0.3) is 5.69 Å². The average molecular weight is 401 g/mol. The fraction of sp³-hybridized carbons (Fsp3) is 0.111. The van der Waals surface area contributed by atoms with Crippen LogP contribution in [0.15, 0.2) is 54.7 Å². The van der Waals surface area contributed by atoms with E-state index in [0.717, 1.165) is 6.07 Å². The molecule has 28 heavy (non-hydrogen) atoms. The van der Waals surface area contributed by atoms with Crippen LogP contribution < -0.4 is 21.1 Å². The van der Waals surface area contributed by atoms with Crippen LogP contribution in [0.2, 0.25) is 0 Å². The number of hydrogen-bond donors (Lipinski definition) is 3. The first-order valence-corrected chi connectivity index (χ1v) is 8.46. The van der Waals surface area contributed by atoms with Gasteiger partial charge in [-0.1, -0.05) is 18.7 Å². The Morgan fingerprint density at radius 2 is 1.93 bits per heavy atom. The number of hydrogen-bond acceptors (Lipinski definition) is 5. The maximum Gasteiger partial charge on any atom is 0.262 e. The molecule has 0 bridgehead atoms. The van der Waals surface area contributed by atoms with E-state index in [1.54, 1.807) is 0 Å². The Balaban J connectivity index is 1.97. The van der Waals surface area contributed by atoms with Crippen molar-refractivity contribution in [2.75, 3.05) is 5.32 Å². The van der Waals surface area contributed by atoms with Gasteiger partial charge < -0.3 is 21.1 Å². The Hall–Kier alpha value is -3.53. The monoisotopic (exact) mass is 401 g/mol. The number of carbonyl (C=O) groups excluding carboxylic acids is 1. The minimum absolute atomic E-state index is 0.0125. The van der Waals surface area contributed by atoms with Gasteiger partial charge in [0.1, 0.15) is 11.7 Å². The maximum absolute atomic E-state index is 13.1. The summed E-state index contributed by atoms with van der Waals surface area (Å²) in [7, 11) is 0. The molecule has 144 valence electrons. The van der Waals surface area contributed by atoms with E-state index in [4.69, 9.17) is 12.2 Å². The van der Waals surface area contributed by atoms with Crippen LogP contribution >= 0.6 is 12.2 Å². The largest absolute Gasteiger partial charge is 0.868 e. The Morgan fingerprint density at radius 3 is 2.57 bits per heavy atom. The molecule has 0 saturated carbocycles. The van der Waals surface area contributed by atoms with Crippen LogP contribution in [0.5, 0.6) is 5.75 Å². The summed E-state index contributed by atoms with van der Waals surface area (Å²) in [5.74, 6) is -2.83. The van der Waals surface area contributed by atoms with Crippen molar-refractivity contribution in [3.05, 3.63) is 76.2 Å². The lowest BCUT2D eigenvalue weighted by molar-refractivity contribution is -0.398. The first-order valence-electron chi connectivity index (χ1n) is 8.05. The summed E-state index contributed by atoms with van der Waals surface area (Å²) in [4.78, 5) is 23.2. The van der Waals surface area contributed by atoms with E-state index in [9.17, 15) is 24.4 Å². The summed E-state index contributed by atoms with van der Waals surface area (Å²) in [5.41, 5.74) is -0.0303. The second-order valence-electron chi connectivity index (χ2n) is 6.03. The van der Waals surface area contributed by atoms with Gasteiger partial charge in [-0.25, -0.2) is 4.39 Å². The van der Waals surface area contributed by atoms with Crippen molar-refractivity contribution in [1.29, 1.82) is 0 Å². The third-order valence-corrected chi connectivity index (χ3v) is 4.44. The van der Waals surface area contributed by atoms with Gasteiger partial charge >= 0.3 is 0 Å². The van der Waals surface area contributed by atoms with Crippen LogP contribution in [0.4, 0.5) is 15.8 Å². The predicted octanol–water partition coefficient (Wildman–Crippen LogP) is 2.09. The summed E-state index contributed by atoms with van der Waals surface area (Å²) < 4.78 is 13.1. The standard InChI is InChI=1S/C18H15FN4O4S/c1-9-14(17(25)21-11-7-5-10(19)6-8-11)15(22-18(28)20-9)12-3-2-4-13(16(12)24)23(26)27/h2-8,14-15,24H,1H2,(H,21,25)(H2,20,22,28)/p-1/t14-,15+/m0/s1. The van der Waals surface area contributed by atoms with Crippen molar-refractivity contribution in [1.82, 2.24) is 10.6 Å². The number of nitro benzene ring substituents is 1. The van der Waals surface area contributed by atoms with Gasteiger partial charge in [-0.05, 0) is 47.8 Å². The molecule has 0 unspecified atom stereocenters. The number of nitro groups is 1. The van der Waals surface area contributed by atoms with Gasteiger partial charge in [0.15, 0.2) is 5.11 Å². The fourth-order valence-electron chi connectivity index (χ4n) is 2.94. The topological polar surface area (TPSA) is 119 Å². The van der Waals surface area contributed by atoms with Gasteiger partial charge in [-0.15, -0.1) is 0 Å². The van der Waals surface area contributed by atoms with E-state index < -0.39 is 40.0 Å². The number of anilines is 1. The number of amides is 1. The maximum atomic E-state index is 13.1. The molecular weight excluding hydrogens is 387 g/mol. The van der Waals surface area contributed by atoms with E-state index in [2.05, 4.69) is 22.5 Å². The minimum atomic E-state index is -1.01. The molecule has 3 rings (SSSR count). The molecule has 2 atom stereocenters. The number of nitrogens with zero attached hydrogens (tertiary/aromatic N) is 1. The highest BCUT2D eigenvalue weighted by molar-refractivity contribution is 7.80. The Labute approximate surface area is 164 Å². The Morgan fingerprint density at radius 1 is 1.25 bits per heavy atom. The highest BCUT2D eigenvalue weighted by Crippen LogP contribution is 2.37. The van der Waals surface area contributed by atoms with Crippen LogP contribution in [0.1, 0.15) is 11.6 Å². The summed E-state index contributed by atoms with van der Waals surface area (Å²) in [6, 6.07) is 8.01. The summed E-state index contributed by atoms with van der Waals surface area (Å²) in [6.45, 7) is 3.79. The van der Waals surface area contributed by atoms with Gasteiger partial charge in [0, 0.05) is 17.5 Å². The van der Waals surface area contributed by atoms with Crippen molar-refractivity contribution in [2.45, 2.75) is 6.04 Å². The second-order valence-corrected chi connectivity index (χ2v) is 6.44. The molecule has 3 N–H and O–H groups in total. The summed E-state index contributed by atoms with van der Waals surface area (Å²) in [5, 5.41) is 31.9. The van der Waals surface area contributed by atoms with Crippen LogP contribution in [0.25, 0.3) is 0 Å². The van der Waals surface area contributed by atoms with Crippen LogP contribution in [0.3, 0.4) is 0 Å². The summed E-state index contributed by atoms with van der Waals surface area (Å²) >= 11 is 5.08. The van der Waals surface area contributed by atoms with Crippen molar-refractivity contribution in [3.8, 4) is 5.75 Å². The van der Waals surface area contributed by atoms with Crippen LogP contribution in [-0.4, -0.2) is 15.9 Å². The number of rotatable bonds is 4. The van der Waals surface area contributed by atoms with Gasteiger partial charge in [-0.3, -0.25) is 14.9 Å². The van der Waals surface area contributed by atoms with E-state index in [0.29, 0.717) is 5.69 Å². The fourth-order valence-corrected chi connectivity index (χ4v) is 3.19. The summed E-state index contributed by atoms with van der Waals surface area (Å²) in [6.07, 6.45) is 0. The smallest absolute Gasteiger partial charge is 0.262 e. The molecule has 2 aromatic carbocycles. The average Bonchev–Trinajstić information content (AvgIpc) is 2.62. The van der Waals surface area contributed by atoms with E-state index in [-0.39, 0.29) is 16.4 Å². The second kappa shape index (κ2) is 7.61. The number of carbonyl (C=O) groups is 1. The third kappa shape index (κ3) is 3.76. The van der Waals surface area contributed by atoms with Crippen LogP contribution in [0, 0.1) is 21.8 Å². The van der Waals surface area contributed by atoms with Crippen molar-refractivity contribution >= 4 is 34.6 Å². The first kappa shape index (κ1) is 19.2. The zero-order valence-electron chi connectivity index (χ0n) is 14.3. The Bertz CT molecular complexity index is 980. The zero-order chi connectivity index (χ0) is 20.4. The zero-order valence-corrected chi connectivity index (χ0v) is 15.1. The molecule has 0 radical (unpaired) electrons. The molecule has 10 heteroatoms. The number of nitrogens with one attached hydrogen (secondary N) is 3. The molecule has 1 heterocycles. The molecule has 1 fully saturated rings. The molecule has 1 saturated heterocycles. The van der Waals surface area contributed by atoms with Gasteiger partial charge in [0.05, 0.1) is 11.0 Å². The predicted molar refractivity (Wildman–Crippen MR) is 102 cm³/mol. The SMILES string of the molecule is C=C1NC(=S)N[C@H](c2cccc([N+](=O)[O-])c2[O-])[C@H]1C(=O)Nc1ccc(F)cc1. The first-order chi connectivity index (χ1) is 13.3. The Kier molecular flexibility index (Phi) is 5.23. The minimum Gasteiger partial charge on any atom is -0.868 e. The lowest BCUT2D eigenvalue weighted by Gasteiger charge is -2.36. The number of thiocarbonyl (C=S) groups is 1. The normalized spacial score (nSPS) is 18.8.